The number of fused-ring (bicyclic) bond motifs is 1. The number of nitrogens with zero attached hydrogens (tertiary/aromatic N) is 4. The molecule has 0 bridgehead atoms. The molecule has 1 aliphatic rings. The summed E-state index contributed by atoms with van der Waals surface area (Å²) in [5.41, 5.74) is 3.54. The molecule has 4 rings (SSSR count). The molecule has 3 aromatic rings. The van der Waals surface area contributed by atoms with Gasteiger partial charge in [0, 0.05) is 30.3 Å². The molecule has 8 nitrogen and oxygen atoms in total. The van der Waals surface area contributed by atoms with Gasteiger partial charge in [0.1, 0.15) is 6.04 Å². The van der Waals surface area contributed by atoms with Crippen molar-refractivity contribution in [1.29, 1.82) is 5.26 Å². The minimum absolute atomic E-state index is 0.287. The smallest absolute Gasteiger partial charge is 0.268 e. The molecule has 1 aromatic carbocycles. The minimum atomic E-state index is -3.12. The Bertz CT molecular complexity index is 1380. The van der Waals surface area contributed by atoms with E-state index in [0.29, 0.717) is 16.8 Å². The number of aromatic nitrogens is 2. The average Bonchev–Trinajstić information content (AvgIpc) is 3.21. The molecule has 3 heterocycles. The molecule has 0 aliphatic carbocycles. The van der Waals surface area contributed by atoms with Gasteiger partial charge in [-0.25, -0.2) is 13.8 Å². The Kier molecular flexibility index (Phi) is 6.92. The van der Waals surface area contributed by atoms with Crippen LogP contribution < -0.4 is 10.1 Å². The first-order chi connectivity index (χ1) is 17.2. The van der Waals surface area contributed by atoms with Crippen LogP contribution >= 0.6 is 0 Å². The summed E-state index contributed by atoms with van der Waals surface area (Å²) in [7, 11) is 1.55. The molecule has 0 radical (unpaired) electrons. The lowest BCUT2D eigenvalue weighted by molar-refractivity contribution is -0.131. The highest BCUT2D eigenvalue weighted by molar-refractivity contribution is 6.07. The van der Waals surface area contributed by atoms with E-state index in [1.807, 2.05) is 31.2 Å². The predicted molar refractivity (Wildman–Crippen MR) is 129 cm³/mol. The Morgan fingerprint density at radius 3 is 2.78 bits per heavy atom. The number of pyridine rings is 2. The zero-order valence-electron chi connectivity index (χ0n) is 19.7. The van der Waals surface area contributed by atoms with Crippen LogP contribution in [0.3, 0.4) is 0 Å². The zero-order valence-corrected chi connectivity index (χ0v) is 19.7. The Balaban J connectivity index is 1.53. The number of rotatable bonds is 6. The third-order valence-electron chi connectivity index (χ3n) is 5.93. The molecule has 184 valence electrons. The molecular formula is C26H23F2N5O3. The highest BCUT2D eigenvalue weighted by Gasteiger charge is 2.47. The van der Waals surface area contributed by atoms with Gasteiger partial charge in [0.25, 0.3) is 11.8 Å². The van der Waals surface area contributed by atoms with Crippen molar-refractivity contribution in [2.75, 3.05) is 20.2 Å². The van der Waals surface area contributed by atoms with Crippen molar-refractivity contribution in [3.05, 3.63) is 65.5 Å². The van der Waals surface area contributed by atoms with Gasteiger partial charge in [-0.05, 0) is 47.9 Å². The highest BCUT2D eigenvalue weighted by Crippen LogP contribution is 2.31. The zero-order chi connectivity index (χ0) is 25.9. The van der Waals surface area contributed by atoms with Crippen molar-refractivity contribution in [1.82, 2.24) is 20.2 Å². The van der Waals surface area contributed by atoms with Crippen molar-refractivity contribution >= 4 is 34.4 Å². The van der Waals surface area contributed by atoms with Crippen molar-refractivity contribution in [2.45, 2.75) is 25.3 Å². The number of halogens is 2. The minimum Gasteiger partial charge on any atom is -0.481 e. The van der Waals surface area contributed by atoms with Crippen LogP contribution in [0.2, 0.25) is 0 Å². The number of amides is 2. The van der Waals surface area contributed by atoms with Crippen molar-refractivity contribution < 1.29 is 23.1 Å². The lowest BCUT2D eigenvalue weighted by Gasteiger charge is -2.19. The highest BCUT2D eigenvalue weighted by atomic mass is 19.3. The summed E-state index contributed by atoms with van der Waals surface area (Å²) < 4.78 is 32.4. The third-order valence-corrected chi connectivity index (χ3v) is 5.93. The molecule has 0 saturated carbocycles. The largest absolute Gasteiger partial charge is 0.481 e. The first kappa shape index (κ1) is 24.7. The molecule has 1 unspecified atom stereocenters. The molecule has 36 heavy (non-hydrogen) atoms. The van der Waals surface area contributed by atoms with Gasteiger partial charge in [-0.2, -0.15) is 5.26 Å². The van der Waals surface area contributed by atoms with E-state index >= 15 is 0 Å². The van der Waals surface area contributed by atoms with Crippen molar-refractivity contribution in [3.8, 4) is 11.9 Å². The molecule has 10 heteroatoms. The summed E-state index contributed by atoms with van der Waals surface area (Å²) in [6, 6.07) is 11.2. The van der Waals surface area contributed by atoms with Gasteiger partial charge in [-0.15, -0.1) is 0 Å². The van der Waals surface area contributed by atoms with E-state index < -0.39 is 43.3 Å². The summed E-state index contributed by atoms with van der Waals surface area (Å²) in [6.45, 7) is 0.601. The van der Waals surface area contributed by atoms with E-state index in [4.69, 9.17) is 10.00 Å². The maximum atomic E-state index is 13.6. The molecule has 1 saturated heterocycles. The van der Waals surface area contributed by atoms with Gasteiger partial charge in [-0.1, -0.05) is 12.1 Å². The second-order valence-electron chi connectivity index (χ2n) is 8.46. The second-order valence-corrected chi connectivity index (χ2v) is 8.46. The number of ether oxygens (including phenoxy) is 1. The summed E-state index contributed by atoms with van der Waals surface area (Å²) in [4.78, 5) is 34.7. The number of hydrogen-bond acceptors (Lipinski definition) is 6. The summed E-state index contributed by atoms with van der Waals surface area (Å²) >= 11 is 0. The predicted octanol–water partition coefficient (Wildman–Crippen LogP) is 3.69. The number of methoxy groups -OCH3 is 1. The molecule has 2 aromatic heterocycles. The molecule has 1 N–H and O–H groups in total. The number of carbonyl (C=O) groups excluding carboxylic acids is 2. The van der Waals surface area contributed by atoms with Gasteiger partial charge in [-0.3, -0.25) is 14.6 Å². The fourth-order valence-electron chi connectivity index (χ4n) is 4.07. The molecule has 2 amide bonds. The van der Waals surface area contributed by atoms with E-state index in [-0.39, 0.29) is 5.56 Å². The number of hydrogen-bond donors (Lipinski definition) is 1. The number of allylic oxidation sites excluding steroid dienone is 1. The normalized spacial score (nSPS) is 17.0. The van der Waals surface area contributed by atoms with Crippen LogP contribution in [-0.2, 0) is 4.79 Å². The van der Waals surface area contributed by atoms with Crippen LogP contribution in [0.1, 0.15) is 34.8 Å². The van der Waals surface area contributed by atoms with Crippen LogP contribution in [0, 0.1) is 11.3 Å². The molecular weight excluding hydrogens is 468 g/mol. The quantitative estimate of drug-likeness (QED) is 0.564. The molecule has 0 spiro atoms. The Labute approximate surface area is 206 Å². The number of alkyl halides is 2. The van der Waals surface area contributed by atoms with Crippen LogP contribution in [-0.4, -0.2) is 58.8 Å². The van der Waals surface area contributed by atoms with E-state index in [9.17, 15) is 18.4 Å². The van der Waals surface area contributed by atoms with Gasteiger partial charge in [0.2, 0.25) is 11.8 Å². The topological polar surface area (TPSA) is 108 Å². The van der Waals surface area contributed by atoms with Crippen LogP contribution in [0.15, 0.2) is 48.8 Å². The van der Waals surface area contributed by atoms with Crippen molar-refractivity contribution in [3.63, 3.8) is 0 Å². The van der Waals surface area contributed by atoms with E-state index in [1.165, 1.54) is 12.3 Å². The Morgan fingerprint density at radius 1 is 1.28 bits per heavy atom. The number of carbonyl (C=O) groups is 2. The first-order valence-corrected chi connectivity index (χ1v) is 11.1. The number of benzene rings is 1. The summed E-state index contributed by atoms with van der Waals surface area (Å²) in [6.07, 6.45) is 4.42. The molecule has 1 atom stereocenters. The Morgan fingerprint density at radius 2 is 2.08 bits per heavy atom. The van der Waals surface area contributed by atoms with E-state index in [1.54, 1.807) is 31.5 Å². The fourth-order valence-corrected chi connectivity index (χ4v) is 4.07. The van der Waals surface area contributed by atoms with E-state index in [0.717, 1.165) is 21.6 Å². The van der Waals surface area contributed by atoms with Crippen molar-refractivity contribution in [2.24, 2.45) is 0 Å². The number of nitriles is 1. The SMILES string of the molecule is COc1ccc(/C(C)=C/c2ccc3nccc(C(=O)NCC(=O)N4CC(F)(F)CC4C#N)c3c2)cn1. The van der Waals surface area contributed by atoms with Crippen LogP contribution in [0.4, 0.5) is 8.78 Å². The monoisotopic (exact) mass is 491 g/mol. The lowest BCUT2D eigenvalue weighted by atomic mass is 10.0. The third kappa shape index (κ3) is 5.30. The lowest BCUT2D eigenvalue weighted by Crippen LogP contribution is -2.43. The van der Waals surface area contributed by atoms with Crippen LogP contribution in [0.25, 0.3) is 22.6 Å². The van der Waals surface area contributed by atoms with Gasteiger partial charge >= 0.3 is 0 Å². The molecule has 1 fully saturated rings. The Hall–Kier alpha value is -4.39. The fraction of sp³-hybridized carbons (Fsp3) is 0.269. The standard InChI is InChI=1S/C26H23F2N5O3/c1-16(18-4-6-23(36-2)31-13-18)9-17-3-5-22-21(10-17)20(7-8-30-22)25(35)32-14-24(34)33-15-26(27,28)11-19(33)12-29/h3-10,13,19H,11,14-15H2,1-2H3,(H,32,35)/b16-9+. The maximum Gasteiger partial charge on any atom is 0.268 e. The summed E-state index contributed by atoms with van der Waals surface area (Å²) in [5.74, 6) is -3.89. The first-order valence-electron chi connectivity index (χ1n) is 11.1. The number of nitrogens with one attached hydrogen (secondary N) is 1. The number of likely N-dealkylation sites (tertiary alicyclic amines) is 1. The van der Waals surface area contributed by atoms with E-state index in [2.05, 4.69) is 15.3 Å². The van der Waals surface area contributed by atoms with Gasteiger partial charge in [0.15, 0.2) is 0 Å². The maximum absolute atomic E-state index is 13.6. The van der Waals surface area contributed by atoms with Gasteiger partial charge in [0.05, 0.1) is 37.3 Å². The average molecular weight is 491 g/mol. The van der Waals surface area contributed by atoms with Crippen LogP contribution in [0.5, 0.6) is 5.88 Å². The summed E-state index contributed by atoms with van der Waals surface area (Å²) in [5, 5.41) is 12.1. The second kappa shape index (κ2) is 10.1. The molecule has 1 aliphatic heterocycles. The van der Waals surface area contributed by atoms with Gasteiger partial charge < -0.3 is 15.0 Å².